The normalized spacial score (nSPS) is 11.0. The Kier molecular flexibility index (Phi) is 13.6. The first-order valence-corrected chi connectivity index (χ1v) is 23.3. The molecule has 8 aromatic carbocycles. The third-order valence-electron chi connectivity index (χ3n) is 12.8. The van der Waals surface area contributed by atoms with Crippen molar-refractivity contribution in [1.29, 1.82) is 0 Å². The molecule has 0 amide bonds. The molecule has 3 nitrogen and oxygen atoms in total. The van der Waals surface area contributed by atoms with E-state index in [9.17, 15) is 0 Å². The van der Waals surface area contributed by atoms with Crippen molar-refractivity contribution in [3.8, 4) is 78.3 Å². The Morgan fingerprint density at radius 1 is 0.304 bits per heavy atom. The molecule has 3 aromatic heterocycles. The number of pyridine rings is 3. The first-order chi connectivity index (χ1) is 33.7. The summed E-state index contributed by atoms with van der Waals surface area (Å²) in [5, 5.41) is 2.28. The first kappa shape index (κ1) is 44.9. The smallest absolute Gasteiger partial charge is 0.305 e. The molecule has 0 fully saturated rings. The zero-order valence-corrected chi connectivity index (χ0v) is 40.3. The van der Waals surface area contributed by atoms with Crippen molar-refractivity contribution in [3.63, 3.8) is 0 Å². The van der Waals surface area contributed by atoms with Crippen molar-refractivity contribution >= 4 is 10.8 Å². The Morgan fingerprint density at radius 3 is 1.45 bits per heavy atom. The number of nitrogens with zero attached hydrogens (tertiary/aromatic N) is 3. The van der Waals surface area contributed by atoms with Crippen molar-refractivity contribution in [2.75, 3.05) is 0 Å². The molecule has 0 aliphatic heterocycles. The fourth-order valence-electron chi connectivity index (χ4n) is 9.15. The van der Waals surface area contributed by atoms with E-state index in [0.29, 0.717) is 0 Å². The van der Waals surface area contributed by atoms with Gasteiger partial charge < -0.3 is 15.0 Å². The first-order valence-electron chi connectivity index (χ1n) is 23.3. The van der Waals surface area contributed by atoms with Gasteiger partial charge in [0, 0.05) is 18.6 Å². The fraction of sp³-hybridized carbons (Fsp3) is 0.0615. The molecule has 0 unspecified atom stereocenters. The SMILES string of the molecule is [Ir+3].[c-]1cc(CCc2cc(CCc3c[c-]c(-c4ccccn4)cc3)cc(-c3ccccc3-c3c[c-]c(-c4cc5ccccc5cn4)cc3-c3ccc(-c4ccccc4)cc3)c2)ccc1-c1ccccn1. The van der Waals surface area contributed by atoms with Crippen LogP contribution >= 0.6 is 0 Å². The molecule has 0 N–H and O–H groups in total. The van der Waals surface area contributed by atoms with Gasteiger partial charge in [0.1, 0.15) is 0 Å². The molecular formula is C65H46IrN3. The molecule has 0 atom stereocenters. The summed E-state index contributed by atoms with van der Waals surface area (Å²) < 4.78 is 0. The van der Waals surface area contributed by atoms with Gasteiger partial charge in [0.25, 0.3) is 0 Å². The van der Waals surface area contributed by atoms with Crippen LogP contribution in [-0.4, -0.2) is 15.0 Å². The monoisotopic (exact) mass is 1060 g/mol. The number of aryl methyl sites for hydroxylation is 4. The number of benzene rings is 8. The molecule has 11 rings (SSSR count). The van der Waals surface area contributed by atoms with Crippen LogP contribution in [0.1, 0.15) is 22.3 Å². The minimum atomic E-state index is 0. The van der Waals surface area contributed by atoms with E-state index in [1.165, 1.54) is 44.5 Å². The van der Waals surface area contributed by atoms with Gasteiger partial charge in [0.15, 0.2) is 0 Å². The van der Waals surface area contributed by atoms with Crippen LogP contribution in [-0.2, 0) is 45.8 Å². The third kappa shape index (κ3) is 10.3. The second-order valence-corrected chi connectivity index (χ2v) is 17.3. The molecule has 0 radical (unpaired) electrons. The van der Waals surface area contributed by atoms with Crippen LogP contribution in [0.3, 0.4) is 0 Å². The second kappa shape index (κ2) is 21.0. The maximum absolute atomic E-state index is 4.93. The van der Waals surface area contributed by atoms with Gasteiger partial charge in [-0.3, -0.25) is 0 Å². The van der Waals surface area contributed by atoms with Crippen molar-refractivity contribution in [3.05, 3.63) is 271 Å². The van der Waals surface area contributed by atoms with Crippen LogP contribution in [0.4, 0.5) is 0 Å². The number of hydrogen-bond donors (Lipinski definition) is 0. The fourth-order valence-corrected chi connectivity index (χ4v) is 9.15. The Hall–Kier alpha value is -7.88. The maximum Gasteiger partial charge on any atom is 3.00 e. The van der Waals surface area contributed by atoms with Gasteiger partial charge >= 0.3 is 20.1 Å². The second-order valence-electron chi connectivity index (χ2n) is 17.3. The molecule has 11 aromatic rings. The predicted molar refractivity (Wildman–Crippen MR) is 280 cm³/mol. The van der Waals surface area contributed by atoms with Crippen LogP contribution in [0, 0.1) is 18.2 Å². The predicted octanol–water partition coefficient (Wildman–Crippen LogP) is 15.7. The van der Waals surface area contributed by atoms with E-state index >= 15 is 0 Å². The summed E-state index contributed by atoms with van der Waals surface area (Å²) in [6, 6.07) is 86.2. The third-order valence-corrected chi connectivity index (χ3v) is 12.8. The van der Waals surface area contributed by atoms with E-state index < -0.39 is 0 Å². The average molecular weight is 1060 g/mol. The van der Waals surface area contributed by atoms with E-state index in [4.69, 9.17) is 4.98 Å². The molecular weight excluding hydrogens is 1010 g/mol. The summed E-state index contributed by atoms with van der Waals surface area (Å²) in [5.74, 6) is 0. The molecule has 0 spiro atoms. The Labute approximate surface area is 418 Å². The molecule has 0 aliphatic rings. The van der Waals surface area contributed by atoms with Crippen LogP contribution in [0.5, 0.6) is 0 Å². The van der Waals surface area contributed by atoms with Gasteiger partial charge in [-0.1, -0.05) is 181 Å². The van der Waals surface area contributed by atoms with Crippen LogP contribution in [0.15, 0.2) is 231 Å². The summed E-state index contributed by atoms with van der Waals surface area (Å²) in [7, 11) is 0. The number of fused-ring (bicyclic) bond motifs is 1. The van der Waals surface area contributed by atoms with Crippen LogP contribution in [0.2, 0.25) is 0 Å². The van der Waals surface area contributed by atoms with Crippen LogP contribution < -0.4 is 0 Å². The average Bonchev–Trinajstić information content (AvgIpc) is 3.42. The Bertz CT molecular complexity index is 3360. The van der Waals surface area contributed by atoms with Crippen molar-refractivity contribution in [2.45, 2.75) is 25.7 Å². The minimum absolute atomic E-state index is 0. The topological polar surface area (TPSA) is 38.7 Å². The molecule has 4 heteroatoms. The summed E-state index contributed by atoms with van der Waals surface area (Å²) in [6.07, 6.45) is 9.21. The van der Waals surface area contributed by atoms with Crippen LogP contribution in [0.25, 0.3) is 89.1 Å². The van der Waals surface area contributed by atoms with Crippen molar-refractivity contribution in [2.24, 2.45) is 0 Å². The van der Waals surface area contributed by atoms with Gasteiger partial charge in [-0.05, 0) is 91.8 Å². The van der Waals surface area contributed by atoms with Crippen molar-refractivity contribution in [1.82, 2.24) is 15.0 Å². The number of rotatable bonds is 13. The van der Waals surface area contributed by atoms with Gasteiger partial charge in [0.05, 0.1) is 0 Å². The number of aromatic nitrogens is 3. The van der Waals surface area contributed by atoms with E-state index in [1.54, 1.807) is 0 Å². The quantitative estimate of drug-likeness (QED) is 0.108. The molecule has 0 saturated heterocycles. The summed E-state index contributed by atoms with van der Waals surface area (Å²) in [5.41, 5.74) is 20.2. The largest absolute Gasteiger partial charge is 3.00 e. The van der Waals surface area contributed by atoms with Gasteiger partial charge in [0.2, 0.25) is 0 Å². The summed E-state index contributed by atoms with van der Waals surface area (Å²) in [4.78, 5) is 14.0. The van der Waals surface area contributed by atoms with E-state index in [-0.39, 0.29) is 20.1 Å². The minimum Gasteiger partial charge on any atom is -0.305 e. The van der Waals surface area contributed by atoms with Crippen molar-refractivity contribution < 1.29 is 20.1 Å². The summed E-state index contributed by atoms with van der Waals surface area (Å²) in [6.45, 7) is 0. The van der Waals surface area contributed by atoms with E-state index in [2.05, 4.69) is 204 Å². The molecule has 0 bridgehead atoms. The Balaban J connectivity index is 0.00000553. The number of hydrogen-bond acceptors (Lipinski definition) is 3. The molecule has 330 valence electrons. The van der Waals surface area contributed by atoms with Gasteiger partial charge in [-0.2, -0.15) is 0 Å². The molecule has 0 saturated carbocycles. The zero-order chi connectivity index (χ0) is 45.5. The molecule has 3 heterocycles. The standard InChI is InChI=1S/C65H46N3.Ir/c1-2-12-50(13-3-1)51-32-34-52(35-33-51)62-43-56(65-44-55-14-4-5-15-57(55)45-68-65)36-37-61(62)60-17-7-6-16-59(60)58-41-48(22-20-46-24-28-53(29-25-46)63-18-8-10-38-66-63)40-49(42-58)23-21-47-26-30-54(31-27-47)64-19-9-11-39-67-64;/h1-19,24-28,30,32-35,37-45H,20-23H2;/q-3;+3. The molecule has 69 heavy (non-hydrogen) atoms. The molecule has 0 aliphatic carbocycles. The zero-order valence-electron chi connectivity index (χ0n) is 37.9. The van der Waals surface area contributed by atoms with Gasteiger partial charge in [-0.25, -0.2) is 0 Å². The van der Waals surface area contributed by atoms with Gasteiger partial charge in [-0.15, -0.1) is 94.5 Å². The van der Waals surface area contributed by atoms with E-state index in [1.807, 2.05) is 55.0 Å². The Morgan fingerprint density at radius 2 is 0.841 bits per heavy atom. The maximum atomic E-state index is 4.93. The van der Waals surface area contributed by atoms with E-state index in [0.717, 1.165) is 92.5 Å². The summed E-state index contributed by atoms with van der Waals surface area (Å²) >= 11 is 0.